The number of halogens is 2. The van der Waals surface area contributed by atoms with Gasteiger partial charge in [-0.05, 0) is 23.8 Å². The van der Waals surface area contributed by atoms with Crippen LogP contribution in [-0.2, 0) is 0 Å². The Bertz CT molecular complexity index is 1270. The molecule has 5 nitrogen and oxygen atoms in total. The molecule has 1 amide bonds. The minimum Gasteiger partial charge on any atom is -0.319 e. The van der Waals surface area contributed by atoms with Gasteiger partial charge in [-0.15, -0.1) is 0 Å². The minimum atomic E-state index is -0.726. The van der Waals surface area contributed by atoms with Crippen molar-refractivity contribution in [2.75, 3.05) is 5.32 Å². The van der Waals surface area contributed by atoms with Gasteiger partial charge in [-0.25, -0.2) is 9.49 Å². The van der Waals surface area contributed by atoms with E-state index in [1.165, 1.54) is 12.1 Å². The van der Waals surface area contributed by atoms with Gasteiger partial charge in [-0.2, -0.15) is 5.10 Å². The van der Waals surface area contributed by atoms with Crippen LogP contribution in [0.4, 0.5) is 10.1 Å². The molecule has 0 atom stereocenters. The predicted octanol–water partition coefficient (Wildman–Crippen LogP) is 5.26. The summed E-state index contributed by atoms with van der Waals surface area (Å²) in [6.45, 7) is 0. The lowest BCUT2D eigenvalue weighted by molar-refractivity contribution is 0.102. The molecule has 0 aliphatic heterocycles. The summed E-state index contributed by atoms with van der Waals surface area (Å²) < 4.78 is 14.8. The maximum absolute atomic E-state index is 14.3. The second-order valence-corrected chi connectivity index (χ2v) is 7.38. The van der Waals surface area contributed by atoms with Gasteiger partial charge in [0.05, 0.1) is 11.4 Å². The number of carbonyl (C=O) groups excluding carboxylic acids is 1. The first-order valence-electron chi connectivity index (χ1n) is 9.04. The van der Waals surface area contributed by atoms with Crippen molar-refractivity contribution in [1.82, 2.24) is 10.2 Å². The predicted molar refractivity (Wildman–Crippen MR) is 118 cm³/mol. The van der Waals surface area contributed by atoms with E-state index in [2.05, 4.69) is 31.4 Å². The van der Waals surface area contributed by atoms with E-state index < -0.39 is 17.3 Å². The molecule has 0 unspecified atom stereocenters. The molecule has 0 saturated carbocycles. The first-order valence-corrected chi connectivity index (χ1v) is 9.84. The van der Waals surface area contributed by atoms with Gasteiger partial charge in [0, 0.05) is 15.6 Å². The highest BCUT2D eigenvalue weighted by Gasteiger charge is 2.23. The molecule has 0 fully saturated rings. The number of nitrogens with one attached hydrogen (secondary N) is 2. The van der Waals surface area contributed by atoms with E-state index >= 15 is 0 Å². The number of nitrogens with zero attached hydrogens (tertiary/aromatic N) is 1. The first kappa shape index (κ1) is 19.7. The van der Waals surface area contributed by atoms with E-state index in [1.54, 1.807) is 30.3 Å². The Balaban J connectivity index is 1.90. The van der Waals surface area contributed by atoms with Crippen LogP contribution < -0.4 is 10.9 Å². The van der Waals surface area contributed by atoms with Crippen molar-refractivity contribution in [3.63, 3.8) is 0 Å². The summed E-state index contributed by atoms with van der Waals surface area (Å²) in [5.74, 6) is -1.34. The minimum absolute atomic E-state index is 0.0281. The Hall–Kier alpha value is -3.58. The van der Waals surface area contributed by atoms with Crippen LogP contribution in [0.3, 0.4) is 0 Å². The highest BCUT2D eigenvalue weighted by atomic mass is 79.9. The van der Waals surface area contributed by atoms with Crippen LogP contribution in [0.1, 0.15) is 10.4 Å². The molecule has 30 heavy (non-hydrogen) atoms. The van der Waals surface area contributed by atoms with Crippen molar-refractivity contribution in [3.05, 3.63) is 105 Å². The van der Waals surface area contributed by atoms with Crippen LogP contribution in [0.5, 0.6) is 0 Å². The molecule has 1 heterocycles. The highest BCUT2D eigenvalue weighted by Crippen LogP contribution is 2.32. The summed E-state index contributed by atoms with van der Waals surface area (Å²) in [5.41, 5.74) is 1.37. The van der Waals surface area contributed by atoms with Crippen LogP contribution >= 0.6 is 15.9 Å². The number of rotatable bonds is 4. The fourth-order valence-electron chi connectivity index (χ4n) is 3.13. The van der Waals surface area contributed by atoms with Gasteiger partial charge in [0.25, 0.3) is 11.5 Å². The van der Waals surface area contributed by atoms with E-state index in [1.807, 2.05) is 36.4 Å². The average Bonchev–Trinajstić information content (AvgIpc) is 2.76. The lowest BCUT2D eigenvalue weighted by atomic mass is 9.95. The molecule has 0 saturated heterocycles. The number of benzene rings is 3. The number of hydrogen-bond donors (Lipinski definition) is 2. The molecule has 3 aromatic carbocycles. The van der Waals surface area contributed by atoms with Crippen LogP contribution in [-0.4, -0.2) is 16.1 Å². The van der Waals surface area contributed by atoms with Gasteiger partial charge >= 0.3 is 0 Å². The number of carbonyl (C=O) groups is 1. The lowest BCUT2D eigenvalue weighted by Crippen LogP contribution is -2.26. The quantitative estimate of drug-likeness (QED) is 0.433. The average molecular weight is 464 g/mol. The fourth-order valence-corrected chi connectivity index (χ4v) is 3.47. The van der Waals surface area contributed by atoms with Crippen molar-refractivity contribution in [2.45, 2.75) is 0 Å². The number of H-pyrrole nitrogens is 1. The molecular weight excluding hydrogens is 449 g/mol. The first-order chi connectivity index (χ1) is 14.5. The number of amides is 1. The van der Waals surface area contributed by atoms with Crippen LogP contribution in [0, 0.1) is 5.82 Å². The molecular formula is C23H15BrFN3O2. The SMILES string of the molecule is O=C(Nc1ccc(Br)cc1F)c1c(-c2ccccc2)c(-c2ccccc2)n[nH]c1=O. The van der Waals surface area contributed by atoms with Crippen LogP contribution in [0.25, 0.3) is 22.4 Å². The third kappa shape index (κ3) is 3.92. The van der Waals surface area contributed by atoms with E-state index in [4.69, 9.17) is 0 Å². The molecule has 4 aromatic rings. The van der Waals surface area contributed by atoms with Crippen molar-refractivity contribution in [2.24, 2.45) is 0 Å². The molecule has 4 rings (SSSR count). The van der Waals surface area contributed by atoms with Crippen molar-refractivity contribution < 1.29 is 9.18 Å². The Morgan fingerprint density at radius 2 is 1.57 bits per heavy atom. The van der Waals surface area contributed by atoms with E-state index in [-0.39, 0.29) is 11.3 Å². The molecule has 0 aliphatic rings. The zero-order valence-electron chi connectivity index (χ0n) is 15.5. The summed E-state index contributed by atoms with van der Waals surface area (Å²) in [4.78, 5) is 25.8. The van der Waals surface area contributed by atoms with Crippen molar-refractivity contribution >= 4 is 27.5 Å². The van der Waals surface area contributed by atoms with E-state index in [0.29, 0.717) is 21.3 Å². The van der Waals surface area contributed by atoms with Crippen LogP contribution in [0.15, 0.2) is 88.1 Å². The fraction of sp³-hybridized carbons (Fsp3) is 0. The van der Waals surface area contributed by atoms with Crippen molar-refractivity contribution in [1.29, 1.82) is 0 Å². The molecule has 148 valence electrons. The zero-order chi connectivity index (χ0) is 21.1. The Labute approximate surface area is 179 Å². The molecule has 0 radical (unpaired) electrons. The summed E-state index contributed by atoms with van der Waals surface area (Å²) in [6, 6.07) is 22.5. The third-order valence-corrected chi connectivity index (χ3v) is 4.99. The Morgan fingerprint density at radius 3 is 2.20 bits per heavy atom. The summed E-state index contributed by atoms with van der Waals surface area (Å²) in [6.07, 6.45) is 0. The molecule has 0 aliphatic carbocycles. The molecule has 0 spiro atoms. The normalized spacial score (nSPS) is 10.6. The molecule has 1 aromatic heterocycles. The summed E-state index contributed by atoms with van der Waals surface area (Å²) in [5, 5.41) is 9.11. The van der Waals surface area contributed by atoms with E-state index in [9.17, 15) is 14.0 Å². The second kappa shape index (κ2) is 8.42. The molecule has 0 bridgehead atoms. The van der Waals surface area contributed by atoms with Gasteiger partial charge in [0.1, 0.15) is 11.4 Å². The smallest absolute Gasteiger partial charge is 0.277 e. The monoisotopic (exact) mass is 463 g/mol. The van der Waals surface area contributed by atoms with Gasteiger partial charge < -0.3 is 5.32 Å². The van der Waals surface area contributed by atoms with Crippen LogP contribution in [0.2, 0.25) is 0 Å². The van der Waals surface area contributed by atoms with E-state index in [0.717, 1.165) is 5.56 Å². The van der Waals surface area contributed by atoms with Crippen molar-refractivity contribution in [3.8, 4) is 22.4 Å². The Kier molecular flexibility index (Phi) is 5.54. The molecule has 2 N–H and O–H groups in total. The second-order valence-electron chi connectivity index (χ2n) is 6.46. The summed E-state index contributed by atoms with van der Waals surface area (Å²) >= 11 is 3.18. The third-order valence-electron chi connectivity index (χ3n) is 4.50. The topological polar surface area (TPSA) is 74.8 Å². The maximum Gasteiger partial charge on any atom is 0.277 e. The largest absolute Gasteiger partial charge is 0.319 e. The molecule has 7 heteroatoms. The summed E-state index contributed by atoms with van der Waals surface area (Å²) in [7, 11) is 0. The number of anilines is 1. The Morgan fingerprint density at radius 1 is 0.933 bits per heavy atom. The standard InChI is InChI=1S/C23H15BrFN3O2/c24-16-11-12-18(17(25)13-16)26-22(29)20-19(14-7-3-1-4-8-14)21(27-28-23(20)30)15-9-5-2-6-10-15/h1-13H,(H,26,29)(H,28,30). The number of aromatic nitrogens is 2. The lowest BCUT2D eigenvalue weighted by Gasteiger charge is -2.14. The zero-order valence-corrected chi connectivity index (χ0v) is 17.1. The van der Waals surface area contributed by atoms with Gasteiger partial charge in [0.2, 0.25) is 0 Å². The van der Waals surface area contributed by atoms with Gasteiger partial charge in [0.15, 0.2) is 0 Å². The van der Waals surface area contributed by atoms with Gasteiger partial charge in [-0.1, -0.05) is 76.6 Å². The van der Waals surface area contributed by atoms with Gasteiger partial charge in [-0.3, -0.25) is 9.59 Å². The number of hydrogen-bond acceptors (Lipinski definition) is 3. The number of aromatic amines is 1. The highest BCUT2D eigenvalue weighted by molar-refractivity contribution is 9.10. The maximum atomic E-state index is 14.3.